The highest BCUT2D eigenvalue weighted by Gasteiger charge is 2.04. The van der Waals surface area contributed by atoms with E-state index in [0.29, 0.717) is 43.8 Å². The van der Waals surface area contributed by atoms with Crippen molar-refractivity contribution in [2.45, 2.75) is 6.92 Å². The second-order valence-corrected chi connectivity index (χ2v) is 6.09. The topological polar surface area (TPSA) is 36.9 Å². The van der Waals surface area contributed by atoms with Crippen molar-refractivity contribution in [1.82, 2.24) is 0 Å². The summed E-state index contributed by atoms with van der Waals surface area (Å²) >= 11 is 9.43. The molecule has 0 bridgehead atoms. The summed E-state index contributed by atoms with van der Waals surface area (Å²) in [6.45, 7) is 4.35. The molecule has 0 radical (unpaired) electrons. The summed E-state index contributed by atoms with van der Waals surface area (Å²) in [4.78, 5) is 0. The van der Waals surface area contributed by atoms with Crippen molar-refractivity contribution in [2.24, 2.45) is 0 Å². The number of hydrogen-bond donors (Lipinski definition) is 0. The molecule has 0 heterocycles. The molecule has 0 aliphatic heterocycles. The van der Waals surface area contributed by atoms with Gasteiger partial charge in [0.05, 0.1) is 24.8 Å². The van der Waals surface area contributed by atoms with Crippen LogP contribution in [0.25, 0.3) is 0 Å². The van der Waals surface area contributed by atoms with Crippen LogP contribution in [0.4, 0.5) is 0 Å². The summed E-state index contributed by atoms with van der Waals surface area (Å²) in [7, 11) is 0. The number of para-hydroxylation sites is 2. The Hall–Kier alpha value is -1.43. The third-order valence-electron chi connectivity index (χ3n) is 3.01. The lowest BCUT2D eigenvalue weighted by Gasteiger charge is -2.12. The molecular formula is C18H20BrClO4. The maximum Gasteiger partial charge on any atom is 0.161 e. The largest absolute Gasteiger partial charge is 0.490 e. The lowest BCUT2D eigenvalue weighted by atomic mass is 10.3. The molecule has 0 aliphatic rings. The molecular weight excluding hydrogens is 396 g/mol. The predicted molar refractivity (Wildman–Crippen MR) is 98.6 cm³/mol. The summed E-state index contributed by atoms with van der Waals surface area (Å²) in [5, 5.41) is 0.570. The average molecular weight is 416 g/mol. The molecule has 0 unspecified atom stereocenters. The van der Waals surface area contributed by atoms with E-state index >= 15 is 0 Å². The summed E-state index contributed by atoms with van der Waals surface area (Å²) in [5.74, 6) is 2.11. The Morgan fingerprint density at radius 1 is 0.833 bits per heavy atom. The summed E-state index contributed by atoms with van der Waals surface area (Å²) in [6, 6.07) is 13.1. The molecule has 2 rings (SSSR count). The number of hydrogen-bond acceptors (Lipinski definition) is 4. The van der Waals surface area contributed by atoms with Crippen molar-refractivity contribution in [3.63, 3.8) is 0 Å². The van der Waals surface area contributed by atoms with Crippen LogP contribution in [0, 0.1) is 0 Å². The Labute approximate surface area is 155 Å². The number of rotatable bonds is 10. The number of ether oxygens (including phenoxy) is 4. The molecule has 2 aromatic rings. The fraction of sp³-hybridized carbons (Fsp3) is 0.333. The Morgan fingerprint density at radius 2 is 1.46 bits per heavy atom. The van der Waals surface area contributed by atoms with E-state index in [2.05, 4.69) is 15.9 Å². The van der Waals surface area contributed by atoms with Crippen molar-refractivity contribution in [3.8, 4) is 17.2 Å². The fourth-order valence-corrected chi connectivity index (χ4v) is 2.69. The molecule has 24 heavy (non-hydrogen) atoms. The minimum Gasteiger partial charge on any atom is -0.490 e. The molecule has 4 nitrogen and oxygen atoms in total. The minimum atomic E-state index is 0.427. The Morgan fingerprint density at radius 3 is 2.08 bits per heavy atom. The van der Waals surface area contributed by atoms with Crippen LogP contribution in [0.2, 0.25) is 5.02 Å². The van der Waals surface area contributed by atoms with Gasteiger partial charge in [0.15, 0.2) is 11.5 Å². The molecule has 6 heteroatoms. The maximum absolute atomic E-state index is 6.07. The first-order chi connectivity index (χ1) is 11.7. The maximum atomic E-state index is 6.07. The first-order valence-electron chi connectivity index (χ1n) is 7.71. The zero-order valence-electron chi connectivity index (χ0n) is 13.5. The van der Waals surface area contributed by atoms with Gasteiger partial charge in [0.25, 0.3) is 0 Å². The normalized spacial score (nSPS) is 10.5. The van der Waals surface area contributed by atoms with Gasteiger partial charge in [-0.1, -0.05) is 39.7 Å². The van der Waals surface area contributed by atoms with Crippen LogP contribution in [-0.4, -0.2) is 33.0 Å². The van der Waals surface area contributed by atoms with E-state index in [4.69, 9.17) is 30.5 Å². The first-order valence-corrected chi connectivity index (χ1v) is 8.88. The SMILES string of the molecule is CCOc1ccccc1OCCOCCOc1ccc(Br)cc1Cl. The standard InChI is InChI=1S/C18H20BrClO4/c1-2-22-17-5-3-4-6-18(17)24-12-10-21-9-11-23-16-8-7-14(19)13-15(16)20/h3-8,13H,2,9-12H2,1H3. The van der Waals surface area contributed by atoms with Gasteiger partial charge >= 0.3 is 0 Å². The molecule has 0 aromatic heterocycles. The second-order valence-electron chi connectivity index (χ2n) is 4.76. The lowest BCUT2D eigenvalue weighted by molar-refractivity contribution is 0.0756. The summed E-state index contributed by atoms with van der Waals surface area (Å²) < 4.78 is 23.2. The molecule has 0 atom stereocenters. The zero-order valence-corrected chi connectivity index (χ0v) is 15.8. The molecule has 0 fully saturated rings. The molecule has 0 aliphatic carbocycles. The molecule has 0 N–H and O–H groups in total. The third kappa shape index (κ3) is 6.23. The molecule has 0 spiro atoms. The van der Waals surface area contributed by atoms with Gasteiger partial charge in [-0.2, -0.15) is 0 Å². The Kier molecular flexibility index (Phi) is 8.22. The highest BCUT2D eigenvalue weighted by atomic mass is 79.9. The van der Waals surface area contributed by atoms with E-state index in [1.165, 1.54) is 0 Å². The van der Waals surface area contributed by atoms with Crippen molar-refractivity contribution in [1.29, 1.82) is 0 Å². The lowest BCUT2D eigenvalue weighted by Crippen LogP contribution is -2.12. The third-order valence-corrected chi connectivity index (χ3v) is 3.80. The second kappa shape index (κ2) is 10.4. The van der Waals surface area contributed by atoms with E-state index in [-0.39, 0.29) is 0 Å². The highest BCUT2D eigenvalue weighted by Crippen LogP contribution is 2.28. The van der Waals surface area contributed by atoms with E-state index in [0.717, 1.165) is 16.0 Å². The van der Waals surface area contributed by atoms with Crippen LogP contribution in [0.3, 0.4) is 0 Å². The van der Waals surface area contributed by atoms with Gasteiger partial charge in [0.1, 0.15) is 19.0 Å². The molecule has 0 saturated carbocycles. The van der Waals surface area contributed by atoms with Gasteiger partial charge in [0.2, 0.25) is 0 Å². The van der Waals surface area contributed by atoms with Crippen molar-refractivity contribution in [2.75, 3.05) is 33.0 Å². The van der Waals surface area contributed by atoms with Gasteiger partial charge in [-0.3, -0.25) is 0 Å². The van der Waals surface area contributed by atoms with Gasteiger partial charge < -0.3 is 18.9 Å². The number of halogens is 2. The molecule has 0 saturated heterocycles. The van der Waals surface area contributed by atoms with Crippen LogP contribution in [0.5, 0.6) is 17.2 Å². The monoisotopic (exact) mass is 414 g/mol. The van der Waals surface area contributed by atoms with Gasteiger partial charge in [-0.05, 0) is 37.3 Å². The fourth-order valence-electron chi connectivity index (χ4n) is 1.96. The van der Waals surface area contributed by atoms with Crippen LogP contribution < -0.4 is 14.2 Å². The van der Waals surface area contributed by atoms with Gasteiger partial charge in [0, 0.05) is 4.47 Å². The molecule has 130 valence electrons. The quantitative estimate of drug-likeness (QED) is 0.513. The van der Waals surface area contributed by atoms with E-state index < -0.39 is 0 Å². The summed E-state index contributed by atoms with van der Waals surface area (Å²) in [5.41, 5.74) is 0. The van der Waals surface area contributed by atoms with Crippen LogP contribution >= 0.6 is 27.5 Å². The molecule has 2 aromatic carbocycles. The zero-order chi connectivity index (χ0) is 17.2. The minimum absolute atomic E-state index is 0.427. The summed E-state index contributed by atoms with van der Waals surface area (Å²) in [6.07, 6.45) is 0. The van der Waals surface area contributed by atoms with Gasteiger partial charge in [-0.15, -0.1) is 0 Å². The predicted octanol–water partition coefficient (Wildman–Crippen LogP) is 4.98. The van der Waals surface area contributed by atoms with Crippen molar-refractivity contribution >= 4 is 27.5 Å². The smallest absolute Gasteiger partial charge is 0.161 e. The van der Waals surface area contributed by atoms with E-state index in [9.17, 15) is 0 Å². The van der Waals surface area contributed by atoms with Crippen LogP contribution in [0.1, 0.15) is 6.92 Å². The van der Waals surface area contributed by atoms with Crippen LogP contribution in [0.15, 0.2) is 46.9 Å². The Bertz CT molecular complexity index is 636. The highest BCUT2D eigenvalue weighted by molar-refractivity contribution is 9.10. The van der Waals surface area contributed by atoms with Crippen molar-refractivity contribution < 1.29 is 18.9 Å². The first kappa shape index (κ1) is 18.9. The van der Waals surface area contributed by atoms with E-state index in [1.807, 2.05) is 43.3 Å². The number of benzene rings is 2. The average Bonchev–Trinajstić information content (AvgIpc) is 2.57. The van der Waals surface area contributed by atoms with E-state index in [1.54, 1.807) is 6.07 Å². The van der Waals surface area contributed by atoms with Gasteiger partial charge in [-0.25, -0.2) is 0 Å². The van der Waals surface area contributed by atoms with Crippen molar-refractivity contribution in [3.05, 3.63) is 52.0 Å². The van der Waals surface area contributed by atoms with Crippen LogP contribution in [-0.2, 0) is 4.74 Å². The molecule has 0 amide bonds. The Balaban J connectivity index is 1.62.